The van der Waals surface area contributed by atoms with Gasteiger partial charge < -0.3 is 5.32 Å². The Morgan fingerprint density at radius 1 is 0.850 bits per heavy atom. The van der Waals surface area contributed by atoms with Gasteiger partial charge in [0.25, 0.3) is 0 Å². The average Bonchev–Trinajstić information content (AvgIpc) is 2.94. The Morgan fingerprint density at radius 2 is 1.40 bits per heavy atom. The zero-order chi connectivity index (χ0) is 13.8. The molecule has 1 unspecified atom stereocenters. The summed E-state index contributed by atoms with van der Waals surface area (Å²) in [5.74, 6) is 0. The minimum atomic E-state index is 0.398. The van der Waals surface area contributed by atoms with Gasteiger partial charge in [0.1, 0.15) is 0 Å². The molecule has 20 heavy (non-hydrogen) atoms. The maximum absolute atomic E-state index is 3.80. The number of hydrogen-bond acceptors (Lipinski definition) is 2. The van der Waals surface area contributed by atoms with Crippen LogP contribution in [-0.4, -0.2) is 35.6 Å². The average molecular weight is 278 g/mol. The van der Waals surface area contributed by atoms with Gasteiger partial charge in [0.15, 0.2) is 0 Å². The number of nitrogens with one attached hydrogen (secondary N) is 1. The predicted octanol–water partition coefficient (Wildman–Crippen LogP) is 4.10. The summed E-state index contributed by atoms with van der Waals surface area (Å²) in [6, 6.07) is 1.79. The number of hydrogen-bond donors (Lipinski definition) is 1. The number of nitrogens with zero attached hydrogens (tertiary/aromatic N) is 1. The van der Waals surface area contributed by atoms with Crippen molar-refractivity contribution in [3.63, 3.8) is 0 Å². The quantitative estimate of drug-likeness (QED) is 0.833. The van der Waals surface area contributed by atoms with Crippen LogP contribution in [0.4, 0.5) is 0 Å². The van der Waals surface area contributed by atoms with E-state index in [1.807, 2.05) is 0 Å². The first-order chi connectivity index (χ1) is 9.77. The van der Waals surface area contributed by atoms with Gasteiger partial charge in [0.2, 0.25) is 0 Å². The Morgan fingerprint density at radius 3 is 1.85 bits per heavy atom. The third kappa shape index (κ3) is 3.57. The second kappa shape index (κ2) is 6.79. The molecule has 3 aliphatic rings. The molecule has 3 rings (SSSR count). The summed E-state index contributed by atoms with van der Waals surface area (Å²) in [6.07, 6.45) is 17.4. The molecule has 1 saturated heterocycles. The summed E-state index contributed by atoms with van der Waals surface area (Å²) >= 11 is 0. The van der Waals surface area contributed by atoms with E-state index in [1.165, 1.54) is 90.1 Å². The van der Waals surface area contributed by atoms with E-state index in [4.69, 9.17) is 0 Å². The second-order valence-corrected chi connectivity index (χ2v) is 7.85. The van der Waals surface area contributed by atoms with E-state index in [0.29, 0.717) is 5.54 Å². The molecule has 0 amide bonds. The van der Waals surface area contributed by atoms with Crippen molar-refractivity contribution in [2.45, 2.75) is 102 Å². The van der Waals surface area contributed by atoms with Gasteiger partial charge in [-0.15, -0.1) is 0 Å². The van der Waals surface area contributed by atoms with Gasteiger partial charge in [0, 0.05) is 24.2 Å². The van der Waals surface area contributed by atoms with Crippen LogP contribution in [-0.2, 0) is 0 Å². The van der Waals surface area contributed by atoms with Crippen LogP contribution in [0.3, 0.4) is 0 Å². The minimum absolute atomic E-state index is 0.398. The Balaban J connectivity index is 1.67. The van der Waals surface area contributed by atoms with Gasteiger partial charge >= 0.3 is 0 Å². The van der Waals surface area contributed by atoms with Crippen LogP contribution in [0.25, 0.3) is 0 Å². The fraction of sp³-hybridized carbons (Fsp3) is 1.00. The van der Waals surface area contributed by atoms with Gasteiger partial charge in [-0.1, -0.05) is 38.5 Å². The Hall–Kier alpha value is -0.0800. The lowest BCUT2D eigenvalue weighted by molar-refractivity contribution is 0.0558. The maximum Gasteiger partial charge on any atom is 0.0281 e. The van der Waals surface area contributed by atoms with Crippen molar-refractivity contribution in [2.75, 3.05) is 13.1 Å². The fourth-order valence-electron chi connectivity index (χ4n) is 4.88. The molecule has 1 N–H and O–H groups in total. The van der Waals surface area contributed by atoms with Crippen molar-refractivity contribution in [3.8, 4) is 0 Å². The molecule has 0 aromatic carbocycles. The third-order valence-electron chi connectivity index (χ3n) is 6.08. The normalized spacial score (nSPS) is 33.9. The molecule has 0 spiro atoms. The highest BCUT2D eigenvalue weighted by molar-refractivity contribution is 4.95. The zero-order valence-electron chi connectivity index (χ0n) is 13.5. The molecule has 1 aliphatic heterocycles. The first-order valence-electron chi connectivity index (χ1n) is 9.28. The topological polar surface area (TPSA) is 15.3 Å². The maximum atomic E-state index is 3.80. The molecule has 0 aromatic heterocycles. The molecule has 0 bridgehead atoms. The standard InChI is InChI=1S/C18H34N2/c1-18(13-8-14-19-18)15-20(16-9-4-2-5-10-16)17-11-6-3-7-12-17/h16-17,19H,2-15H2,1H3. The Labute approximate surface area is 125 Å². The molecule has 2 saturated carbocycles. The van der Waals surface area contributed by atoms with Crippen LogP contribution in [0.15, 0.2) is 0 Å². The fourth-order valence-corrected chi connectivity index (χ4v) is 4.88. The molecule has 0 aromatic rings. The van der Waals surface area contributed by atoms with E-state index in [0.717, 1.165) is 12.1 Å². The molecule has 2 heteroatoms. The van der Waals surface area contributed by atoms with Gasteiger partial charge in [-0.2, -0.15) is 0 Å². The molecule has 2 nitrogen and oxygen atoms in total. The first kappa shape index (κ1) is 14.8. The molecule has 0 radical (unpaired) electrons. The van der Waals surface area contributed by atoms with Crippen LogP contribution < -0.4 is 5.32 Å². The van der Waals surface area contributed by atoms with Crippen molar-refractivity contribution < 1.29 is 0 Å². The summed E-state index contributed by atoms with van der Waals surface area (Å²) in [7, 11) is 0. The summed E-state index contributed by atoms with van der Waals surface area (Å²) in [5, 5.41) is 3.80. The molecule has 116 valence electrons. The Bertz CT molecular complexity index is 266. The monoisotopic (exact) mass is 278 g/mol. The van der Waals surface area contributed by atoms with Crippen LogP contribution in [0.5, 0.6) is 0 Å². The van der Waals surface area contributed by atoms with Gasteiger partial charge in [0.05, 0.1) is 0 Å². The molecular formula is C18H34N2. The molecule has 1 atom stereocenters. The van der Waals surface area contributed by atoms with E-state index in [1.54, 1.807) is 0 Å². The van der Waals surface area contributed by atoms with Crippen molar-refractivity contribution in [2.24, 2.45) is 0 Å². The first-order valence-corrected chi connectivity index (χ1v) is 9.28. The van der Waals surface area contributed by atoms with E-state index in [9.17, 15) is 0 Å². The lowest BCUT2D eigenvalue weighted by Gasteiger charge is -2.45. The highest BCUT2D eigenvalue weighted by Crippen LogP contribution is 2.32. The van der Waals surface area contributed by atoms with Crippen LogP contribution in [0.1, 0.15) is 84.0 Å². The largest absolute Gasteiger partial charge is 0.310 e. The summed E-state index contributed by atoms with van der Waals surface area (Å²) in [5.41, 5.74) is 0.398. The van der Waals surface area contributed by atoms with E-state index in [-0.39, 0.29) is 0 Å². The highest BCUT2D eigenvalue weighted by Gasteiger charge is 2.36. The summed E-state index contributed by atoms with van der Waals surface area (Å²) in [4.78, 5) is 2.97. The van der Waals surface area contributed by atoms with Crippen LogP contribution in [0.2, 0.25) is 0 Å². The number of rotatable bonds is 4. The van der Waals surface area contributed by atoms with Crippen molar-refractivity contribution in [1.29, 1.82) is 0 Å². The van der Waals surface area contributed by atoms with Crippen molar-refractivity contribution in [1.82, 2.24) is 10.2 Å². The molecular weight excluding hydrogens is 244 g/mol. The van der Waals surface area contributed by atoms with Gasteiger partial charge in [-0.3, -0.25) is 4.90 Å². The summed E-state index contributed by atoms with van der Waals surface area (Å²) < 4.78 is 0. The lowest BCUT2D eigenvalue weighted by atomic mass is 9.86. The summed E-state index contributed by atoms with van der Waals surface area (Å²) in [6.45, 7) is 5.01. The predicted molar refractivity (Wildman–Crippen MR) is 86.1 cm³/mol. The molecule has 1 heterocycles. The van der Waals surface area contributed by atoms with Crippen molar-refractivity contribution in [3.05, 3.63) is 0 Å². The zero-order valence-corrected chi connectivity index (χ0v) is 13.5. The van der Waals surface area contributed by atoms with Gasteiger partial charge in [-0.25, -0.2) is 0 Å². The molecule has 3 fully saturated rings. The minimum Gasteiger partial charge on any atom is -0.310 e. The SMILES string of the molecule is CC1(CN(C2CCCCC2)C2CCCCC2)CCCN1. The van der Waals surface area contributed by atoms with E-state index < -0.39 is 0 Å². The van der Waals surface area contributed by atoms with Gasteiger partial charge in [-0.05, 0) is 52.0 Å². The second-order valence-electron chi connectivity index (χ2n) is 7.85. The lowest BCUT2D eigenvalue weighted by Crippen LogP contribution is -2.55. The Kier molecular flexibility index (Phi) is 5.04. The smallest absolute Gasteiger partial charge is 0.0281 e. The molecule has 2 aliphatic carbocycles. The van der Waals surface area contributed by atoms with Crippen molar-refractivity contribution >= 4 is 0 Å². The van der Waals surface area contributed by atoms with Crippen LogP contribution >= 0.6 is 0 Å². The van der Waals surface area contributed by atoms with E-state index in [2.05, 4.69) is 17.1 Å². The third-order valence-corrected chi connectivity index (χ3v) is 6.08. The van der Waals surface area contributed by atoms with E-state index >= 15 is 0 Å². The van der Waals surface area contributed by atoms with Crippen LogP contribution in [0, 0.1) is 0 Å². The highest BCUT2D eigenvalue weighted by atomic mass is 15.2.